The summed E-state index contributed by atoms with van der Waals surface area (Å²) in [5.41, 5.74) is 2.85. The summed E-state index contributed by atoms with van der Waals surface area (Å²) in [6.07, 6.45) is 5.08. The fourth-order valence-corrected chi connectivity index (χ4v) is 2.85. The van der Waals surface area contributed by atoms with Gasteiger partial charge in [-0.2, -0.15) is 0 Å². The Morgan fingerprint density at radius 3 is 1.73 bits per heavy atom. The van der Waals surface area contributed by atoms with Crippen LogP contribution in [0.5, 0.6) is 0 Å². The van der Waals surface area contributed by atoms with Gasteiger partial charge in [0.2, 0.25) is 0 Å². The zero-order valence-electron chi connectivity index (χ0n) is 8.83. The summed E-state index contributed by atoms with van der Waals surface area (Å²) in [5.74, 6) is 0.617. The smallest absolute Gasteiger partial charge is 0.186 e. The van der Waals surface area contributed by atoms with Gasteiger partial charge in [-0.25, -0.2) is 0 Å². The summed E-state index contributed by atoms with van der Waals surface area (Å²) >= 11 is 0. The first-order valence-electron chi connectivity index (χ1n) is 5.30. The predicted octanol–water partition coefficient (Wildman–Crippen LogP) is 1.98. The number of fused-ring (bicyclic) bond motifs is 4. The van der Waals surface area contributed by atoms with Crippen molar-refractivity contribution >= 4 is 11.6 Å². The van der Waals surface area contributed by atoms with E-state index in [4.69, 9.17) is 0 Å². The normalized spacial score (nSPS) is 33.2. The third-order valence-corrected chi connectivity index (χ3v) is 3.85. The van der Waals surface area contributed by atoms with Crippen LogP contribution in [0.2, 0.25) is 0 Å². The second-order valence-corrected chi connectivity index (χ2v) is 4.57. The van der Waals surface area contributed by atoms with Crippen molar-refractivity contribution in [2.75, 3.05) is 0 Å². The number of hydrogen-bond acceptors (Lipinski definition) is 2. The lowest BCUT2D eigenvalue weighted by Gasteiger charge is -2.21. The molecule has 0 heterocycles. The van der Waals surface area contributed by atoms with E-state index in [2.05, 4.69) is 12.2 Å². The Labute approximate surface area is 88.4 Å². The van der Waals surface area contributed by atoms with Crippen LogP contribution < -0.4 is 0 Å². The first-order valence-corrected chi connectivity index (χ1v) is 5.30. The van der Waals surface area contributed by atoms with Crippen LogP contribution in [0.3, 0.4) is 0 Å². The molecule has 3 rings (SSSR count). The first-order chi connectivity index (χ1) is 7.11. The van der Waals surface area contributed by atoms with E-state index in [0.29, 0.717) is 11.1 Å². The van der Waals surface area contributed by atoms with E-state index in [1.807, 2.05) is 0 Å². The zero-order chi connectivity index (χ0) is 10.7. The average molecular weight is 200 g/mol. The number of hydrogen-bond donors (Lipinski definition) is 0. The molecule has 0 aromatic heterocycles. The number of Topliss-reactive ketones (excluding diaryl/α,β-unsaturated/α-hetero) is 2. The summed E-state index contributed by atoms with van der Waals surface area (Å²) < 4.78 is 0. The third kappa shape index (κ3) is 0.895. The van der Waals surface area contributed by atoms with Crippen LogP contribution in [0.1, 0.15) is 20.3 Å². The number of allylic oxidation sites excluding steroid dienone is 6. The highest BCUT2D eigenvalue weighted by atomic mass is 16.1. The molecule has 2 atom stereocenters. The molecule has 0 spiro atoms. The van der Waals surface area contributed by atoms with Gasteiger partial charge in [-0.15, -0.1) is 0 Å². The zero-order valence-corrected chi connectivity index (χ0v) is 8.83. The van der Waals surface area contributed by atoms with E-state index >= 15 is 0 Å². The molecule has 0 aromatic carbocycles. The summed E-state index contributed by atoms with van der Waals surface area (Å²) in [5, 5.41) is 0. The molecule has 3 aliphatic carbocycles. The van der Waals surface area contributed by atoms with Gasteiger partial charge in [-0.3, -0.25) is 9.59 Å². The molecule has 0 aromatic rings. The number of rotatable bonds is 0. The molecule has 0 N–H and O–H groups in total. The molecule has 76 valence electrons. The summed E-state index contributed by atoms with van der Waals surface area (Å²) in [6, 6.07) is 0. The molecule has 2 bridgehead atoms. The third-order valence-electron chi connectivity index (χ3n) is 3.85. The van der Waals surface area contributed by atoms with Crippen LogP contribution in [0.25, 0.3) is 0 Å². The molecule has 0 aliphatic heterocycles. The minimum atomic E-state index is 0.0962. The highest BCUT2D eigenvalue weighted by Gasteiger charge is 2.44. The number of ketones is 2. The van der Waals surface area contributed by atoms with Crippen molar-refractivity contribution in [1.29, 1.82) is 0 Å². The second kappa shape index (κ2) is 2.57. The lowest BCUT2D eigenvalue weighted by molar-refractivity contribution is -0.116. The monoisotopic (exact) mass is 200 g/mol. The molecule has 0 saturated heterocycles. The minimum absolute atomic E-state index is 0.0962. The molecule has 2 unspecified atom stereocenters. The van der Waals surface area contributed by atoms with Crippen molar-refractivity contribution in [1.82, 2.24) is 0 Å². The average Bonchev–Trinajstić information content (AvgIpc) is 2.82. The first kappa shape index (κ1) is 8.84. The Balaban J connectivity index is 2.20. The van der Waals surface area contributed by atoms with E-state index < -0.39 is 0 Å². The van der Waals surface area contributed by atoms with Crippen LogP contribution >= 0.6 is 0 Å². The van der Waals surface area contributed by atoms with Gasteiger partial charge in [0, 0.05) is 34.1 Å². The highest BCUT2D eigenvalue weighted by molar-refractivity contribution is 6.26. The largest absolute Gasteiger partial charge is 0.289 e. The topological polar surface area (TPSA) is 34.1 Å². The Kier molecular flexibility index (Phi) is 1.51. The van der Waals surface area contributed by atoms with Crippen molar-refractivity contribution in [2.45, 2.75) is 20.3 Å². The van der Waals surface area contributed by atoms with E-state index in [1.54, 1.807) is 13.8 Å². The molecule has 3 aliphatic rings. The quantitative estimate of drug-likeness (QED) is 0.442. The molecular weight excluding hydrogens is 188 g/mol. The van der Waals surface area contributed by atoms with Gasteiger partial charge in [0.15, 0.2) is 11.6 Å². The van der Waals surface area contributed by atoms with Crippen molar-refractivity contribution in [3.8, 4) is 0 Å². The van der Waals surface area contributed by atoms with Crippen molar-refractivity contribution < 1.29 is 9.59 Å². The standard InChI is InChI=1S/C13H12O2/c1-6-7(2)13(15)11-9-4-3-8(5-9)10(11)12(6)14/h3-4,8-9H,5H2,1-2H3. The minimum Gasteiger partial charge on any atom is -0.289 e. The fourth-order valence-electron chi connectivity index (χ4n) is 2.85. The number of carbonyl (C=O) groups is 2. The van der Waals surface area contributed by atoms with Gasteiger partial charge in [-0.1, -0.05) is 12.2 Å². The molecule has 0 fully saturated rings. The molecular formula is C13H12O2. The van der Waals surface area contributed by atoms with E-state index in [-0.39, 0.29) is 23.4 Å². The van der Waals surface area contributed by atoms with Gasteiger partial charge in [0.25, 0.3) is 0 Å². The Morgan fingerprint density at radius 2 is 1.33 bits per heavy atom. The van der Waals surface area contributed by atoms with E-state index in [9.17, 15) is 9.59 Å². The maximum absolute atomic E-state index is 12.1. The molecule has 15 heavy (non-hydrogen) atoms. The molecule has 2 nitrogen and oxygen atoms in total. The van der Waals surface area contributed by atoms with Crippen molar-refractivity contribution in [2.24, 2.45) is 11.8 Å². The van der Waals surface area contributed by atoms with Crippen LogP contribution in [-0.4, -0.2) is 11.6 Å². The Bertz CT molecular complexity index is 447. The van der Waals surface area contributed by atoms with Gasteiger partial charge < -0.3 is 0 Å². The predicted molar refractivity (Wildman–Crippen MR) is 56.2 cm³/mol. The van der Waals surface area contributed by atoms with Crippen LogP contribution in [-0.2, 0) is 9.59 Å². The maximum Gasteiger partial charge on any atom is 0.186 e. The lowest BCUT2D eigenvalue weighted by atomic mass is 9.80. The molecule has 0 amide bonds. The summed E-state index contributed by atoms with van der Waals surface area (Å²) in [4.78, 5) is 24.1. The van der Waals surface area contributed by atoms with E-state index in [0.717, 1.165) is 17.6 Å². The van der Waals surface area contributed by atoms with Gasteiger partial charge in [0.05, 0.1) is 0 Å². The van der Waals surface area contributed by atoms with E-state index in [1.165, 1.54) is 0 Å². The van der Waals surface area contributed by atoms with Crippen LogP contribution in [0.15, 0.2) is 34.4 Å². The van der Waals surface area contributed by atoms with Gasteiger partial charge in [-0.05, 0) is 20.3 Å². The Morgan fingerprint density at radius 1 is 0.933 bits per heavy atom. The molecule has 2 heteroatoms. The lowest BCUT2D eigenvalue weighted by Crippen LogP contribution is -2.24. The van der Waals surface area contributed by atoms with Gasteiger partial charge in [0.1, 0.15) is 0 Å². The SMILES string of the molecule is CC1=C(C)C(=O)C2=C(C1=O)C1C=CC2C1. The molecule has 0 saturated carbocycles. The van der Waals surface area contributed by atoms with Crippen molar-refractivity contribution in [3.05, 3.63) is 34.4 Å². The highest BCUT2D eigenvalue weighted by Crippen LogP contribution is 2.48. The van der Waals surface area contributed by atoms with Crippen molar-refractivity contribution in [3.63, 3.8) is 0 Å². The second-order valence-electron chi connectivity index (χ2n) is 4.57. The van der Waals surface area contributed by atoms with Crippen LogP contribution in [0, 0.1) is 11.8 Å². The summed E-state index contributed by atoms with van der Waals surface area (Å²) in [7, 11) is 0. The molecule has 0 radical (unpaired) electrons. The summed E-state index contributed by atoms with van der Waals surface area (Å²) in [6.45, 7) is 3.52. The Hall–Kier alpha value is -1.44. The van der Waals surface area contributed by atoms with Gasteiger partial charge >= 0.3 is 0 Å². The van der Waals surface area contributed by atoms with Crippen LogP contribution in [0.4, 0.5) is 0 Å². The number of carbonyl (C=O) groups excluding carboxylic acids is 2. The fraction of sp³-hybridized carbons (Fsp3) is 0.385. The maximum atomic E-state index is 12.1.